The molecule has 1 aromatic carbocycles. The fourth-order valence-corrected chi connectivity index (χ4v) is 2.64. The molecule has 1 amide bonds. The lowest BCUT2D eigenvalue weighted by atomic mass is 10.1. The molecule has 0 bridgehead atoms. The van der Waals surface area contributed by atoms with Crippen LogP contribution in [0.5, 0.6) is 0 Å². The van der Waals surface area contributed by atoms with Gasteiger partial charge in [-0.1, -0.05) is 24.3 Å². The third-order valence-electron chi connectivity index (χ3n) is 2.95. The number of aryl methyl sites for hydroxylation is 1. The third kappa shape index (κ3) is 2.40. The van der Waals surface area contributed by atoms with Crippen molar-refractivity contribution in [3.63, 3.8) is 0 Å². The second-order valence-corrected chi connectivity index (χ2v) is 5.45. The zero-order valence-corrected chi connectivity index (χ0v) is 11.6. The largest absolute Gasteiger partial charge is 0.457 e. The van der Waals surface area contributed by atoms with Crippen molar-refractivity contribution in [3.8, 4) is 11.3 Å². The van der Waals surface area contributed by atoms with Crippen LogP contribution in [0.2, 0.25) is 0 Å². The number of aliphatic imine (C=N–C) groups is 1. The highest BCUT2D eigenvalue weighted by atomic mass is 32.2. The number of benzene rings is 1. The van der Waals surface area contributed by atoms with E-state index >= 15 is 0 Å². The van der Waals surface area contributed by atoms with Crippen molar-refractivity contribution >= 4 is 28.9 Å². The first-order chi connectivity index (χ1) is 9.63. The molecule has 100 valence electrons. The first-order valence-corrected chi connectivity index (χ1v) is 6.89. The fraction of sp³-hybridized carbons (Fsp3) is 0.0667. The van der Waals surface area contributed by atoms with Gasteiger partial charge in [-0.2, -0.15) is 4.99 Å². The maximum atomic E-state index is 11.5. The van der Waals surface area contributed by atoms with Crippen LogP contribution in [-0.4, -0.2) is 11.1 Å². The van der Waals surface area contributed by atoms with Gasteiger partial charge in [-0.3, -0.25) is 4.79 Å². The van der Waals surface area contributed by atoms with Crippen molar-refractivity contribution in [1.82, 2.24) is 0 Å². The number of carbonyl (C=O) groups is 1. The quantitative estimate of drug-likeness (QED) is 0.860. The zero-order chi connectivity index (χ0) is 14.1. The molecule has 5 heteroatoms. The van der Waals surface area contributed by atoms with Crippen LogP contribution in [0.1, 0.15) is 11.3 Å². The second kappa shape index (κ2) is 5.02. The molecule has 2 aromatic rings. The minimum Gasteiger partial charge on any atom is -0.457 e. The van der Waals surface area contributed by atoms with Crippen molar-refractivity contribution in [2.45, 2.75) is 6.92 Å². The Kier molecular flexibility index (Phi) is 3.20. The molecule has 2 N–H and O–H groups in total. The topological polar surface area (TPSA) is 68.6 Å². The van der Waals surface area contributed by atoms with E-state index in [2.05, 4.69) is 4.99 Å². The molecule has 0 fully saturated rings. The van der Waals surface area contributed by atoms with Gasteiger partial charge in [-0.15, -0.1) is 0 Å². The minimum absolute atomic E-state index is 0.270. The molecule has 0 atom stereocenters. The highest BCUT2D eigenvalue weighted by Gasteiger charge is 2.20. The number of amidine groups is 1. The Morgan fingerprint density at radius 3 is 2.75 bits per heavy atom. The van der Waals surface area contributed by atoms with Gasteiger partial charge in [0.05, 0.1) is 4.91 Å². The molecule has 1 aromatic heterocycles. The molecule has 3 rings (SSSR count). The number of furan rings is 1. The molecule has 0 unspecified atom stereocenters. The van der Waals surface area contributed by atoms with Gasteiger partial charge in [0.1, 0.15) is 11.5 Å². The van der Waals surface area contributed by atoms with Gasteiger partial charge in [-0.25, -0.2) is 0 Å². The van der Waals surface area contributed by atoms with Crippen LogP contribution in [0.25, 0.3) is 17.4 Å². The number of nitrogens with zero attached hydrogens (tertiary/aromatic N) is 1. The second-order valence-electron chi connectivity index (χ2n) is 4.38. The summed E-state index contributed by atoms with van der Waals surface area (Å²) in [5.74, 6) is 1.07. The maximum absolute atomic E-state index is 11.5. The molecular weight excluding hydrogens is 272 g/mol. The number of carbonyl (C=O) groups excluding carboxylic acids is 1. The number of rotatable bonds is 2. The summed E-state index contributed by atoms with van der Waals surface area (Å²) in [5.41, 5.74) is 7.68. The van der Waals surface area contributed by atoms with E-state index in [1.54, 1.807) is 6.08 Å². The molecular formula is C15H12N2O2S. The van der Waals surface area contributed by atoms with Crippen LogP contribution in [-0.2, 0) is 4.79 Å². The van der Waals surface area contributed by atoms with Gasteiger partial charge in [0, 0.05) is 11.6 Å². The Labute approximate surface area is 120 Å². The number of amides is 1. The lowest BCUT2D eigenvalue weighted by Gasteiger charge is -2.00. The Morgan fingerprint density at radius 1 is 1.25 bits per heavy atom. The van der Waals surface area contributed by atoms with E-state index in [0.29, 0.717) is 10.7 Å². The summed E-state index contributed by atoms with van der Waals surface area (Å²) in [6.45, 7) is 2.03. The third-order valence-corrected chi connectivity index (χ3v) is 3.76. The fourth-order valence-electron chi connectivity index (χ4n) is 1.98. The van der Waals surface area contributed by atoms with Crippen molar-refractivity contribution in [2.75, 3.05) is 0 Å². The molecule has 1 aliphatic rings. The van der Waals surface area contributed by atoms with E-state index in [1.165, 1.54) is 0 Å². The SMILES string of the molecule is Cc1ccccc1-c1ccc(/C=C2/SC(N)=NC2=O)o1. The molecule has 20 heavy (non-hydrogen) atoms. The zero-order valence-electron chi connectivity index (χ0n) is 10.8. The van der Waals surface area contributed by atoms with E-state index in [9.17, 15) is 4.79 Å². The summed E-state index contributed by atoms with van der Waals surface area (Å²) in [7, 11) is 0. The van der Waals surface area contributed by atoms with Crippen LogP contribution in [0.15, 0.2) is 50.7 Å². The molecule has 0 saturated carbocycles. The van der Waals surface area contributed by atoms with Gasteiger partial charge in [0.25, 0.3) is 5.91 Å². The number of thioether (sulfide) groups is 1. The predicted molar refractivity (Wildman–Crippen MR) is 81.1 cm³/mol. The lowest BCUT2D eigenvalue weighted by Crippen LogP contribution is -2.01. The standard InChI is InChI=1S/C15H12N2O2S/c1-9-4-2-3-5-11(9)12-7-6-10(19-12)8-13-14(18)17-15(16)20-13/h2-8H,1H3,(H2,16,17,18)/b13-8+. The normalized spacial score (nSPS) is 16.8. The number of hydrogen-bond donors (Lipinski definition) is 1. The van der Waals surface area contributed by atoms with Crippen LogP contribution in [0.4, 0.5) is 0 Å². The molecule has 2 heterocycles. The minimum atomic E-state index is -0.318. The van der Waals surface area contributed by atoms with E-state index in [4.69, 9.17) is 10.2 Å². The van der Waals surface area contributed by atoms with Gasteiger partial charge in [0.2, 0.25) is 0 Å². The first-order valence-electron chi connectivity index (χ1n) is 6.07. The van der Waals surface area contributed by atoms with Crippen molar-refractivity contribution in [1.29, 1.82) is 0 Å². The Hall–Kier alpha value is -2.27. The summed E-state index contributed by atoms with van der Waals surface area (Å²) in [4.78, 5) is 15.7. The van der Waals surface area contributed by atoms with Crippen LogP contribution in [0, 0.1) is 6.92 Å². The van der Waals surface area contributed by atoms with Gasteiger partial charge in [0.15, 0.2) is 5.17 Å². The van der Waals surface area contributed by atoms with E-state index in [0.717, 1.165) is 28.6 Å². The summed E-state index contributed by atoms with van der Waals surface area (Å²) < 4.78 is 5.76. The Morgan fingerprint density at radius 2 is 2.05 bits per heavy atom. The average molecular weight is 284 g/mol. The number of hydrogen-bond acceptors (Lipinski definition) is 4. The Bertz CT molecular complexity index is 744. The summed E-state index contributed by atoms with van der Waals surface area (Å²) in [5, 5.41) is 0.270. The first kappa shape index (κ1) is 12.7. The van der Waals surface area contributed by atoms with Crippen LogP contribution >= 0.6 is 11.8 Å². The summed E-state index contributed by atoms with van der Waals surface area (Å²) in [6, 6.07) is 11.7. The van der Waals surface area contributed by atoms with Crippen LogP contribution in [0.3, 0.4) is 0 Å². The highest BCUT2D eigenvalue weighted by molar-refractivity contribution is 8.18. The average Bonchev–Trinajstić information content (AvgIpc) is 2.98. The van der Waals surface area contributed by atoms with Crippen molar-refractivity contribution in [2.24, 2.45) is 10.7 Å². The molecule has 1 aliphatic heterocycles. The highest BCUT2D eigenvalue weighted by Crippen LogP contribution is 2.30. The van der Waals surface area contributed by atoms with E-state index in [-0.39, 0.29) is 11.1 Å². The van der Waals surface area contributed by atoms with Crippen molar-refractivity contribution in [3.05, 3.63) is 52.6 Å². The van der Waals surface area contributed by atoms with Gasteiger partial charge in [-0.05, 0) is 36.4 Å². The Balaban J connectivity index is 1.91. The van der Waals surface area contributed by atoms with Crippen LogP contribution < -0.4 is 5.73 Å². The van der Waals surface area contributed by atoms with Crippen molar-refractivity contribution < 1.29 is 9.21 Å². The van der Waals surface area contributed by atoms with Gasteiger partial charge < -0.3 is 10.2 Å². The molecule has 0 saturated heterocycles. The van der Waals surface area contributed by atoms with E-state index in [1.807, 2.05) is 43.3 Å². The monoisotopic (exact) mass is 284 g/mol. The summed E-state index contributed by atoms with van der Waals surface area (Å²) in [6.07, 6.45) is 1.66. The molecule has 0 spiro atoms. The maximum Gasteiger partial charge on any atom is 0.286 e. The summed E-state index contributed by atoms with van der Waals surface area (Å²) >= 11 is 1.16. The molecule has 0 aliphatic carbocycles. The predicted octanol–water partition coefficient (Wildman–Crippen LogP) is 3.18. The smallest absolute Gasteiger partial charge is 0.286 e. The molecule has 4 nitrogen and oxygen atoms in total. The number of nitrogens with two attached hydrogens (primary N) is 1. The lowest BCUT2D eigenvalue weighted by molar-refractivity contribution is -0.113. The van der Waals surface area contributed by atoms with E-state index < -0.39 is 0 Å². The molecule has 0 radical (unpaired) electrons. The van der Waals surface area contributed by atoms with Gasteiger partial charge >= 0.3 is 0 Å².